The molecule has 0 atom stereocenters. The second-order valence-corrected chi connectivity index (χ2v) is 7.68. The van der Waals surface area contributed by atoms with Gasteiger partial charge in [-0.25, -0.2) is 4.98 Å². The summed E-state index contributed by atoms with van der Waals surface area (Å²) in [5, 5.41) is 11.8. The highest BCUT2D eigenvalue weighted by atomic mass is 16.5. The maximum atomic E-state index is 13.2. The first-order chi connectivity index (χ1) is 15.5. The number of hydrogen-bond acceptors (Lipinski definition) is 6. The van der Waals surface area contributed by atoms with Gasteiger partial charge in [0.25, 0.3) is 11.6 Å². The van der Waals surface area contributed by atoms with Crippen molar-refractivity contribution in [3.8, 4) is 11.3 Å². The number of aromatic nitrogens is 4. The van der Waals surface area contributed by atoms with Gasteiger partial charge in [0.2, 0.25) is 0 Å². The van der Waals surface area contributed by atoms with Gasteiger partial charge in [-0.15, -0.1) is 0 Å². The Labute approximate surface area is 183 Å². The van der Waals surface area contributed by atoms with Crippen molar-refractivity contribution >= 4 is 22.7 Å². The van der Waals surface area contributed by atoms with Gasteiger partial charge in [0, 0.05) is 23.6 Å². The van der Waals surface area contributed by atoms with Gasteiger partial charge in [-0.1, -0.05) is 17.3 Å². The van der Waals surface area contributed by atoms with Gasteiger partial charge in [-0.3, -0.25) is 9.48 Å². The lowest BCUT2D eigenvalue weighted by Crippen LogP contribution is -2.13. The average molecular weight is 427 g/mol. The molecule has 4 aromatic heterocycles. The second-order valence-electron chi connectivity index (χ2n) is 7.68. The summed E-state index contributed by atoms with van der Waals surface area (Å²) in [6.45, 7) is 6.20. The number of amides is 1. The Kier molecular flexibility index (Phi) is 4.82. The van der Waals surface area contributed by atoms with Crippen molar-refractivity contribution in [2.24, 2.45) is 0 Å². The summed E-state index contributed by atoms with van der Waals surface area (Å²) in [4.78, 5) is 17.8. The van der Waals surface area contributed by atoms with Crippen LogP contribution in [0.25, 0.3) is 22.4 Å². The largest absolute Gasteiger partial charge is 0.466 e. The fourth-order valence-corrected chi connectivity index (χ4v) is 3.77. The molecule has 0 unspecified atom stereocenters. The third-order valence-corrected chi connectivity index (χ3v) is 5.29. The Morgan fingerprint density at radius 3 is 2.62 bits per heavy atom. The van der Waals surface area contributed by atoms with E-state index in [-0.39, 0.29) is 5.91 Å². The minimum Gasteiger partial charge on any atom is -0.466 e. The zero-order valence-electron chi connectivity index (χ0n) is 17.9. The molecule has 1 N–H and O–H groups in total. The Morgan fingerprint density at radius 2 is 1.94 bits per heavy atom. The third-order valence-electron chi connectivity index (χ3n) is 5.29. The number of hydrogen-bond donors (Lipinski definition) is 1. The molecule has 0 aliphatic rings. The molecular weight excluding hydrogens is 406 g/mol. The molecule has 5 aromatic rings. The lowest BCUT2D eigenvalue weighted by molar-refractivity contribution is 0.102. The average Bonchev–Trinajstić information content (AvgIpc) is 3.50. The summed E-state index contributed by atoms with van der Waals surface area (Å²) in [6.07, 6.45) is 3.66. The number of furan rings is 1. The fourth-order valence-electron chi connectivity index (χ4n) is 3.77. The van der Waals surface area contributed by atoms with E-state index in [1.54, 1.807) is 19.2 Å². The van der Waals surface area contributed by atoms with Crippen molar-refractivity contribution in [2.45, 2.75) is 27.3 Å². The van der Waals surface area contributed by atoms with Crippen LogP contribution in [0, 0.1) is 20.8 Å². The molecule has 8 heteroatoms. The zero-order valence-corrected chi connectivity index (χ0v) is 17.9. The van der Waals surface area contributed by atoms with Crippen LogP contribution >= 0.6 is 0 Å². The third kappa shape index (κ3) is 3.66. The van der Waals surface area contributed by atoms with Gasteiger partial charge in [-0.05, 0) is 56.7 Å². The Hall–Kier alpha value is -4.20. The minimum atomic E-state index is -0.261. The van der Waals surface area contributed by atoms with Crippen molar-refractivity contribution in [1.82, 2.24) is 19.9 Å². The van der Waals surface area contributed by atoms with E-state index in [1.807, 2.05) is 61.1 Å². The molecule has 4 heterocycles. The standard InChI is InChI=1S/C24H21N5O3/c1-14-11-19(16(3)31-14)21-12-20(22-15(2)28-32-24(22)27-21)23(30)26-18-7-5-17(6-8-18)13-29-10-4-9-25-29/h4-12H,13H2,1-3H3,(H,26,30). The minimum absolute atomic E-state index is 0.261. The molecule has 0 spiro atoms. The number of carbonyl (C=O) groups is 1. The molecule has 32 heavy (non-hydrogen) atoms. The molecule has 0 radical (unpaired) electrons. The van der Waals surface area contributed by atoms with E-state index in [2.05, 4.69) is 20.6 Å². The Morgan fingerprint density at radius 1 is 1.12 bits per heavy atom. The van der Waals surface area contributed by atoms with Gasteiger partial charge in [0.1, 0.15) is 11.5 Å². The fraction of sp³-hybridized carbons (Fsp3) is 0.167. The Balaban J connectivity index is 1.46. The van der Waals surface area contributed by atoms with Crippen molar-refractivity contribution in [2.75, 3.05) is 5.32 Å². The summed E-state index contributed by atoms with van der Waals surface area (Å²) >= 11 is 0. The zero-order chi connectivity index (χ0) is 22.2. The summed E-state index contributed by atoms with van der Waals surface area (Å²) in [5.74, 6) is 1.24. The molecular formula is C24H21N5O3. The number of rotatable bonds is 5. The Bertz CT molecular complexity index is 1410. The number of pyridine rings is 1. The van der Waals surface area contributed by atoms with Crippen molar-refractivity contribution in [3.63, 3.8) is 0 Å². The second kappa shape index (κ2) is 7.81. The van der Waals surface area contributed by atoms with E-state index in [0.717, 1.165) is 22.6 Å². The van der Waals surface area contributed by atoms with Crippen molar-refractivity contribution < 1.29 is 13.7 Å². The molecule has 0 bridgehead atoms. The molecule has 0 aliphatic heterocycles. The van der Waals surface area contributed by atoms with E-state index < -0.39 is 0 Å². The highest BCUT2D eigenvalue weighted by molar-refractivity contribution is 6.13. The SMILES string of the molecule is Cc1cc(-c2cc(C(=O)Nc3ccc(Cn4cccn4)cc3)c3c(C)noc3n2)c(C)o1. The van der Waals surface area contributed by atoms with Crippen LogP contribution in [0.4, 0.5) is 5.69 Å². The number of nitrogens with one attached hydrogen (secondary N) is 1. The van der Waals surface area contributed by atoms with E-state index >= 15 is 0 Å². The van der Waals surface area contributed by atoms with Crippen LogP contribution in [0.2, 0.25) is 0 Å². The normalized spacial score (nSPS) is 11.2. The molecule has 0 aliphatic carbocycles. The van der Waals surface area contributed by atoms with Gasteiger partial charge < -0.3 is 14.3 Å². The van der Waals surface area contributed by atoms with Crippen LogP contribution in [0.5, 0.6) is 0 Å². The number of fused-ring (bicyclic) bond motifs is 1. The van der Waals surface area contributed by atoms with Crippen LogP contribution in [-0.4, -0.2) is 25.8 Å². The van der Waals surface area contributed by atoms with Crippen molar-refractivity contribution in [3.05, 3.63) is 83.2 Å². The van der Waals surface area contributed by atoms with Crippen LogP contribution in [0.3, 0.4) is 0 Å². The summed E-state index contributed by atoms with van der Waals surface area (Å²) in [7, 11) is 0. The smallest absolute Gasteiger partial charge is 0.259 e. The maximum Gasteiger partial charge on any atom is 0.259 e. The molecule has 1 aromatic carbocycles. The molecule has 5 rings (SSSR count). The van der Waals surface area contributed by atoms with Gasteiger partial charge in [0.15, 0.2) is 0 Å². The molecule has 160 valence electrons. The summed E-state index contributed by atoms with van der Waals surface area (Å²) in [6, 6.07) is 13.2. The predicted molar refractivity (Wildman–Crippen MR) is 119 cm³/mol. The number of anilines is 1. The monoisotopic (exact) mass is 427 g/mol. The molecule has 1 amide bonds. The quantitative estimate of drug-likeness (QED) is 0.428. The van der Waals surface area contributed by atoms with Crippen LogP contribution in [-0.2, 0) is 6.54 Å². The first-order valence-electron chi connectivity index (χ1n) is 10.2. The van der Waals surface area contributed by atoms with Crippen molar-refractivity contribution in [1.29, 1.82) is 0 Å². The lowest BCUT2D eigenvalue weighted by atomic mass is 10.1. The van der Waals surface area contributed by atoms with Gasteiger partial charge >= 0.3 is 0 Å². The maximum absolute atomic E-state index is 13.2. The van der Waals surface area contributed by atoms with E-state index in [9.17, 15) is 4.79 Å². The number of carbonyl (C=O) groups excluding carboxylic acids is 1. The molecule has 0 saturated heterocycles. The van der Waals surface area contributed by atoms with E-state index in [4.69, 9.17) is 8.94 Å². The first-order valence-corrected chi connectivity index (χ1v) is 10.2. The topological polar surface area (TPSA) is 99.0 Å². The first kappa shape index (κ1) is 19.7. The molecule has 0 fully saturated rings. The number of benzene rings is 1. The molecule has 0 saturated carbocycles. The summed E-state index contributed by atoms with van der Waals surface area (Å²) in [5.41, 5.74) is 4.56. The van der Waals surface area contributed by atoms with Gasteiger partial charge in [0.05, 0.1) is 28.9 Å². The van der Waals surface area contributed by atoms with Crippen LogP contribution < -0.4 is 5.32 Å². The van der Waals surface area contributed by atoms with Crippen LogP contribution in [0.15, 0.2) is 63.8 Å². The highest BCUT2D eigenvalue weighted by Gasteiger charge is 2.21. The predicted octanol–water partition coefficient (Wildman–Crippen LogP) is 4.91. The number of aryl methyl sites for hydroxylation is 3. The lowest BCUT2D eigenvalue weighted by Gasteiger charge is -2.09. The van der Waals surface area contributed by atoms with E-state index in [1.165, 1.54) is 0 Å². The highest BCUT2D eigenvalue weighted by Crippen LogP contribution is 2.30. The molecule has 8 nitrogen and oxygen atoms in total. The van der Waals surface area contributed by atoms with Crippen LogP contribution in [0.1, 0.15) is 33.1 Å². The van der Waals surface area contributed by atoms with Gasteiger partial charge in [-0.2, -0.15) is 5.10 Å². The van der Waals surface area contributed by atoms with E-state index in [0.29, 0.717) is 40.3 Å². The number of nitrogens with zero attached hydrogens (tertiary/aromatic N) is 4. The summed E-state index contributed by atoms with van der Waals surface area (Å²) < 4.78 is 12.9.